The van der Waals surface area contributed by atoms with Gasteiger partial charge in [0.05, 0.1) is 11.3 Å². The van der Waals surface area contributed by atoms with E-state index in [2.05, 4.69) is 15.4 Å². The lowest BCUT2D eigenvalue weighted by Gasteiger charge is -2.04. The minimum Gasteiger partial charge on any atom is -0.351 e. The Morgan fingerprint density at radius 1 is 1.47 bits per heavy atom. The minimum absolute atomic E-state index is 0.202. The van der Waals surface area contributed by atoms with Gasteiger partial charge in [0.2, 0.25) is 0 Å². The summed E-state index contributed by atoms with van der Waals surface area (Å²) in [4.78, 5) is 16.2. The van der Waals surface area contributed by atoms with E-state index in [1.165, 1.54) is 4.68 Å². The fourth-order valence-corrected chi connectivity index (χ4v) is 2.09. The van der Waals surface area contributed by atoms with E-state index in [0.717, 1.165) is 5.69 Å². The second-order valence-corrected chi connectivity index (χ2v) is 4.56. The van der Waals surface area contributed by atoms with Crippen LogP contribution in [0.15, 0.2) is 24.4 Å². The van der Waals surface area contributed by atoms with Gasteiger partial charge < -0.3 is 5.32 Å². The van der Waals surface area contributed by atoms with Gasteiger partial charge >= 0.3 is 0 Å². The quantitative estimate of drug-likeness (QED) is 0.927. The first-order chi connectivity index (χ1) is 9.09. The number of nitrogens with zero attached hydrogens (tertiary/aromatic N) is 3. The molecular formula is C13H15ClN4O. The van der Waals surface area contributed by atoms with Crippen molar-refractivity contribution in [3.05, 3.63) is 46.5 Å². The van der Waals surface area contributed by atoms with Gasteiger partial charge in [0.1, 0.15) is 5.15 Å². The highest BCUT2D eigenvalue weighted by Crippen LogP contribution is 2.18. The second kappa shape index (κ2) is 5.84. The van der Waals surface area contributed by atoms with Gasteiger partial charge in [0.15, 0.2) is 0 Å². The Morgan fingerprint density at radius 3 is 2.84 bits per heavy atom. The Hall–Kier alpha value is -1.88. The average molecular weight is 279 g/mol. The summed E-state index contributed by atoms with van der Waals surface area (Å²) in [6.07, 6.45) is 2.42. The molecule has 100 valence electrons. The van der Waals surface area contributed by atoms with Gasteiger partial charge in [-0.15, -0.1) is 0 Å². The lowest BCUT2D eigenvalue weighted by Crippen LogP contribution is -2.26. The Morgan fingerprint density at radius 2 is 2.26 bits per heavy atom. The van der Waals surface area contributed by atoms with E-state index in [4.69, 9.17) is 11.6 Å². The fourth-order valence-electron chi connectivity index (χ4n) is 1.83. The van der Waals surface area contributed by atoms with Crippen molar-refractivity contribution in [2.75, 3.05) is 6.54 Å². The van der Waals surface area contributed by atoms with E-state index in [1.54, 1.807) is 20.2 Å². The summed E-state index contributed by atoms with van der Waals surface area (Å²) >= 11 is 6.03. The van der Waals surface area contributed by atoms with E-state index < -0.39 is 0 Å². The third-order valence-electron chi connectivity index (χ3n) is 2.77. The molecule has 0 bridgehead atoms. The molecule has 5 nitrogen and oxygen atoms in total. The highest BCUT2D eigenvalue weighted by Gasteiger charge is 2.18. The topological polar surface area (TPSA) is 59.8 Å². The Bertz CT molecular complexity index is 580. The lowest BCUT2D eigenvalue weighted by molar-refractivity contribution is 0.0953. The molecule has 2 heterocycles. The maximum atomic E-state index is 12.0. The smallest absolute Gasteiger partial charge is 0.256 e. The van der Waals surface area contributed by atoms with Gasteiger partial charge in [-0.2, -0.15) is 5.10 Å². The standard InChI is InChI=1S/C13H15ClN4O/c1-9-11(12(14)18(2)17-9)13(19)16-8-6-10-5-3-4-7-15-10/h3-5,7H,6,8H2,1-2H3,(H,16,19). The summed E-state index contributed by atoms with van der Waals surface area (Å²) in [5, 5.41) is 7.29. The van der Waals surface area contributed by atoms with Crippen LogP contribution >= 0.6 is 11.6 Å². The van der Waals surface area contributed by atoms with Crippen molar-refractivity contribution in [1.29, 1.82) is 0 Å². The van der Waals surface area contributed by atoms with Crippen molar-refractivity contribution in [3.63, 3.8) is 0 Å². The number of rotatable bonds is 4. The van der Waals surface area contributed by atoms with Gasteiger partial charge in [-0.1, -0.05) is 17.7 Å². The third kappa shape index (κ3) is 3.12. The van der Waals surface area contributed by atoms with Gasteiger partial charge in [-0.05, 0) is 19.1 Å². The summed E-state index contributed by atoms with van der Waals surface area (Å²) in [5.41, 5.74) is 2.00. The van der Waals surface area contributed by atoms with Crippen molar-refractivity contribution in [2.24, 2.45) is 7.05 Å². The number of halogens is 1. The summed E-state index contributed by atoms with van der Waals surface area (Å²) in [6.45, 7) is 2.28. The van der Waals surface area contributed by atoms with Crippen molar-refractivity contribution in [1.82, 2.24) is 20.1 Å². The first-order valence-electron chi connectivity index (χ1n) is 5.97. The first kappa shape index (κ1) is 13.5. The van der Waals surface area contributed by atoms with Crippen molar-refractivity contribution in [2.45, 2.75) is 13.3 Å². The highest BCUT2D eigenvalue weighted by molar-refractivity contribution is 6.33. The predicted molar refractivity (Wildman–Crippen MR) is 73.2 cm³/mol. The molecule has 0 radical (unpaired) electrons. The van der Waals surface area contributed by atoms with Crippen molar-refractivity contribution in [3.8, 4) is 0 Å². The summed E-state index contributed by atoms with van der Waals surface area (Å²) in [7, 11) is 1.71. The van der Waals surface area contributed by atoms with E-state index >= 15 is 0 Å². The summed E-state index contributed by atoms with van der Waals surface area (Å²) in [6, 6.07) is 5.71. The molecule has 0 aliphatic rings. The van der Waals surface area contributed by atoms with Crippen molar-refractivity contribution < 1.29 is 4.79 Å². The summed E-state index contributed by atoms with van der Waals surface area (Å²) < 4.78 is 1.49. The molecule has 1 amide bonds. The molecule has 1 N–H and O–H groups in total. The maximum absolute atomic E-state index is 12.0. The highest BCUT2D eigenvalue weighted by atomic mass is 35.5. The summed E-state index contributed by atoms with van der Waals surface area (Å²) in [5.74, 6) is -0.202. The van der Waals surface area contributed by atoms with Crippen LogP contribution in [0.1, 0.15) is 21.7 Å². The normalized spacial score (nSPS) is 10.5. The SMILES string of the molecule is Cc1nn(C)c(Cl)c1C(=O)NCCc1ccccn1. The van der Waals surface area contributed by atoms with Crippen LogP contribution in [0.25, 0.3) is 0 Å². The monoisotopic (exact) mass is 278 g/mol. The van der Waals surface area contributed by atoms with Crippen LogP contribution in [-0.2, 0) is 13.5 Å². The number of carbonyl (C=O) groups is 1. The van der Waals surface area contributed by atoms with Crippen LogP contribution < -0.4 is 5.32 Å². The van der Waals surface area contributed by atoms with E-state index in [9.17, 15) is 4.79 Å². The maximum Gasteiger partial charge on any atom is 0.256 e. The molecule has 0 atom stereocenters. The Labute approximate surface area is 116 Å². The lowest BCUT2D eigenvalue weighted by atomic mass is 10.2. The van der Waals surface area contributed by atoms with Gasteiger partial charge in [-0.25, -0.2) is 0 Å². The molecule has 0 aromatic carbocycles. The fraction of sp³-hybridized carbons (Fsp3) is 0.308. The average Bonchev–Trinajstić information content (AvgIpc) is 2.64. The molecular weight excluding hydrogens is 264 g/mol. The van der Waals surface area contributed by atoms with E-state index in [1.807, 2.05) is 18.2 Å². The van der Waals surface area contributed by atoms with Crippen LogP contribution in [0.4, 0.5) is 0 Å². The zero-order valence-electron chi connectivity index (χ0n) is 10.9. The molecule has 0 spiro atoms. The molecule has 6 heteroatoms. The number of carbonyl (C=O) groups excluding carboxylic acids is 1. The molecule has 2 rings (SSSR count). The number of aryl methyl sites for hydroxylation is 2. The van der Waals surface area contributed by atoms with Crippen molar-refractivity contribution >= 4 is 17.5 Å². The molecule has 19 heavy (non-hydrogen) atoms. The zero-order chi connectivity index (χ0) is 13.8. The molecule has 2 aromatic heterocycles. The largest absolute Gasteiger partial charge is 0.351 e. The number of hydrogen-bond donors (Lipinski definition) is 1. The molecule has 0 saturated carbocycles. The van der Waals surface area contributed by atoms with Gasteiger partial charge in [0, 0.05) is 31.9 Å². The predicted octanol–water partition coefficient (Wildman–Crippen LogP) is 1.75. The number of hydrogen-bond acceptors (Lipinski definition) is 3. The van der Waals surface area contributed by atoms with Crippen LogP contribution in [0, 0.1) is 6.92 Å². The van der Waals surface area contributed by atoms with Gasteiger partial charge in [-0.3, -0.25) is 14.5 Å². The minimum atomic E-state index is -0.202. The van der Waals surface area contributed by atoms with E-state index in [-0.39, 0.29) is 5.91 Å². The van der Waals surface area contributed by atoms with Crippen LogP contribution in [0.3, 0.4) is 0 Å². The number of amides is 1. The second-order valence-electron chi connectivity index (χ2n) is 4.20. The number of pyridine rings is 1. The van der Waals surface area contributed by atoms with E-state index in [0.29, 0.717) is 29.4 Å². The third-order valence-corrected chi connectivity index (χ3v) is 3.21. The molecule has 0 unspecified atom stereocenters. The molecule has 0 aliphatic carbocycles. The molecule has 0 saturated heterocycles. The van der Waals surface area contributed by atoms with Crippen LogP contribution in [-0.4, -0.2) is 27.2 Å². The van der Waals surface area contributed by atoms with Crippen LogP contribution in [0.2, 0.25) is 5.15 Å². The zero-order valence-corrected chi connectivity index (χ0v) is 11.6. The Kier molecular flexibility index (Phi) is 4.16. The molecule has 0 fully saturated rings. The van der Waals surface area contributed by atoms with Crippen LogP contribution in [0.5, 0.6) is 0 Å². The Balaban J connectivity index is 1.95. The number of nitrogens with one attached hydrogen (secondary N) is 1. The van der Waals surface area contributed by atoms with Gasteiger partial charge in [0.25, 0.3) is 5.91 Å². The molecule has 0 aliphatic heterocycles. The number of aromatic nitrogens is 3. The first-order valence-corrected chi connectivity index (χ1v) is 6.34. The molecule has 2 aromatic rings.